The van der Waals surface area contributed by atoms with Gasteiger partial charge in [0, 0.05) is 5.54 Å². The molecule has 1 saturated heterocycles. The monoisotopic (exact) mass is 370 g/mol. The fourth-order valence-electron chi connectivity index (χ4n) is 1.67. The number of nitrogens with zero attached hydrogens (tertiary/aromatic N) is 1. The number of rotatable bonds is 3. The van der Waals surface area contributed by atoms with Crippen LogP contribution in [0.5, 0.6) is 0 Å². The van der Waals surface area contributed by atoms with Crippen molar-refractivity contribution in [2.75, 3.05) is 6.54 Å². The molecule has 1 heterocycles. The highest BCUT2D eigenvalue weighted by molar-refractivity contribution is 14.0. The molecule has 1 fully saturated rings. The molecule has 6 nitrogen and oxygen atoms in total. The molecule has 0 radical (unpaired) electrons. The molecule has 106 valence electrons. The van der Waals surface area contributed by atoms with Gasteiger partial charge in [-0.15, -0.1) is 24.0 Å². The third-order valence-corrected chi connectivity index (χ3v) is 2.39. The van der Waals surface area contributed by atoms with Crippen LogP contribution in [0.4, 0.5) is 0 Å². The Bertz CT molecular complexity index is 315. The van der Waals surface area contributed by atoms with Gasteiger partial charge in [0.1, 0.15) is 6.10 Å². The minimum atomic E-state index is -0.466. The summed E-state index contributed by atoms with van der Waals surface area (Å²) in [7, 11) is 0. The van der Waals surface area contributed by atoms with Crippen LogP contribution in [-0.4, -0.2) is 36.2 Å². The molecule has 1 aliphatic heterocycles. The summed E-state index contributed by atoms with van der Waals surface area (Å²) in [5, 5.41) is 3.06. The van der Waals surface area contributed by atoms with Crippen LogP contribution < -0.4 is 16.8 Å². The highest BCUT2D eigenvalue weighted by Gasteiger charge is 2.28. The first-order valence-corrected chi connectivity index (χ1v) is 5.81. The van der Waals surface area contributed by atoms with Gasteiger partial charge in [0.05, 0.1) is 12.6 Å². The van der Waals surface area contributed by atoms with E-state index in [1.807, 2.05) is 20.8 Å². The first-order chi connectivity index (χ1) is 7.78. The Hall–Kier alpha value is -0.570. The first-order valence-electron chi connectivity index (χ1n) is 5.81. The smallest absolute Gasteiger partial charge is 0.246 e. The van der Waals surface area contributed by atoms with Gasteiger partial charge in [0.25, 0.3) is 0 Å². The molecule has 2 unspecified atom stereocenters. The maximum absolute atomic E-state index is 10.9. The maximum atomic E-state index is 10.9. The quantitative estimate of drug-likeness (QED) is 0.379. The zero-order chi connectivity index (χ0) is 13.1. The van der Waals surface area contributed by atoms with Crippen LogP contribution in [-0.2, 0) is 9.53 Å². The molecular weight excluding hydrogens is 347 g/mol. The van der Waals surface area contributed by atoms with Crippen LogP contribution in [0, 0.1) is 0 Å². The van der Waals surface area contributed by atoms with Crippen LogP contribution >= 0.6 is 24.0 Å². The number of amides is 1. The number of aliphatic imine (C=N–C) groups is 1. The molecule has 1 rings (SSSR count). The van der Waals surface area contributed by atoms with E-state index in [0.29, 0.717) is 18.9 Å². The minimum Gasteiger partial charge on any atom is -0.370 e. The predicted octanol–water partition coefficient (Wildman–Crippen LogP) is 0.340. The van der Waals surface area contributed by atoms with Crippen molar-refractivity contribution < 1.29 is 9.53 Å². The Morgan fingerprint density at radius 1 is 1.39 bits per heavy atom. The van der Waals surface area contributed by atoms with Crippen molar-refractivity contribution >= 4 is 35.8 Å². The SMILES string of the molecule is CC(C)(C)NC(N)=NCC1CCC(C(N)=O)O1.I. The van der Waals surface area contributed by atoms with Crippen molar-refractivity contribution in [3.63, 3.8) is 0 Å². The summed E-state index contributed by atoms with van der Waals surface area (Å²) in [5.41, 5.74) is 10.8. The number of nitrogens with two attached hydrogens (primary N) is 2. The standard InChI is InChI=1S/C11H22N4O2.HI/c1-11(2,3)15-10(13)14-6-7-4-5-8(17-7)9(12)16;/h7-8H,4-6H2,1-3H3,(H2,12,16)(H3,13,14,15);1H. The van der Waals surface area contributed by atoms with E-state index < -0.39 is 12.0 Å². The molecule has 1 aliphatic rings. The maximum Gasteiger partial charge on any atom is 0.246 e. The van der Waals surface area contributed by atoms with Crippen LogP contribution in [0.2, 0.25) is 0 Å². The Morgan fingerprint density at radius 2 is 2.00 bits per heavy atom. The van der Waals surface area contributed by atoms with Gasteiger partial charge >= 0.3 is 0 Å². The Balaban J connectivity index is 0.00000289. The van der Waals surface area contributed by atoms with Crippen molar-refractivity contribution in [2.45, 2.75) is 51.4 Å². The van der Waals surface area contributed by atoms with Crippen molar-refractivity contribution in [2.24, 2.45) is 16.5 Å². The van der Waals surface area contributed by atoms with Crippen molar-refractivity contribution in [3.8, 4) is 0 Å². The topological polar surface area (TPSA) is 103 Å². The highest BCUT2D eigenvalue weighted by atomic mass is 127. The number of carbonyl (C=O) groups is 1. The molecule has 5 N–H and O–H groups in total. The minimum absolute atomic E-state index is 0. The van der Waals surface area contributed by atoms with E-state index in [0.717, 1.165) is 6.42 Å². The van der Waals surface area contributed by atoms with Crippen molar-refractivity contribution in [3.05, 3.63) is 0 Å². The molecule has 0 aromatic rings. The van der Waals surface area contributed by atoms with E-state index in [-0.39, 0.29) is 35.6 Å². The van der Waals surface area contributed by atoms with Crippen LogP contribution in [0.3, 0.4) is 0 Å². The van der Waals surface area contributed by atoms with E-state index in [9.17, 15) is 4.79 Å². The zero-order valence-electron chi connectivity index (χ0n) is 11.1. The van der Waals surface area contributed by atoms with E-state index in [2.05, 4.69) is 10.3 Å². The van der Waals surface area contributed by atoms with Gasteiger partial charge in [0.15, 0.2) is 5.96 Å². The lowest BCUT2D eigenvalue weighted by atomic mass is 10.1. The molecule has 0 aliphatic carbocycles. The Morgan fingerprint density at radius 3 is 2.44 bits per heavy atom. The molecule has 0 bridgehead atoms. The molecule has 0 saturated carbocycles. The van der Waals surface area contributed by atoms with Crippen molar-refractivity contribution in [1.82, 2.24) is 5.32 Å². The molecule has 0 aromatic carbocycles. The summed E-state index contributed by atoms with van der Waals surface area (Å²) in [6.45, 7) is 6.47. The number of hydrogen-bond acceptors (Lipinski definition) is 3. The third-order valence-electron chi connectivity index (χ3n) is 2.39. The van der Waals surface area contributed by atoms with Gasteiger partial charge in [-0.05, 0) is 33.6 Å². The number of halogens is 1. The summed E-state index contributed by atoms with van der Waals surface area (Å²) in [6.07, 6.45) is 0.932. The third kappa shape index (κ3) is 6.39. The summed E-state index contributed by atoms with van der Waals surface area (Å²) >= 11 is 0. The Labute approximate surface area is 125 Å². The van der Waals surface area contributed by atoms with Gasteiger partial charge in [-0.2, -0.15) is 0 Å². The molecule has 18 heavy (non-hydrogen) atoms. The van der Waals surface area contributed by atoms with Gasteiger partial charge in [-0.3, -0.25) is 9.79 Å². The molecular formula is C11H23IN4O2. The average molecular weight is 370 g/mol. The fraction of sp³-hybridized carbons (Fsp3) is 0.818. The predicted molar refractivity (Wildman–Crippen MR) is 81.9 cm³/mol. The molecule has 0 spiro atoms. The van der Waals surface area contributed by atoms with E-state index >= 15 is 0 Å². The summed E-state index contributed by atoms with van der Waals surface area (Å²) in [6, 6.07) is 0. The molecule has 2 atom stereocenters. The van der Waals surface area contributed by atoms with Crippen LogP contribution in [0.1, 0.15) is 33.6 Å². The largest absolute Gasteiger partial charge is 0.370 e. The van der Waals surface area contributed by atoms with Gasteiger partial charge in [-0.25, -0.2) is 0 Å². The normalized spacial score (nSPS) is 24.5. The zero-order valence-corrected chi connectivity index (χ0v) is 13.4. The summed E-state index contributed by atoms with van der Waals surface area (Å²) in [4.78, 5) is 15.1. The number of guanidine groups is 1. The lowest BCUT2D eigenvalue weighted by Crippen LogP contribution is -2.45. The number of hydrogen-bond donors (Lipinski definition) is 3. The second kappa shape index (κ2) is 7.13. The lowest BCUT2D eigenvalue weighted by Gasteiger charge is -2.21. The van der Waals surface area contributed by atoms with Crippen LogP contribution in [0.25, 0.3) is 0 Å². The average Bonchev–Trinajstić information content (AvgIpc) is 2.60. The van der Waals surface area contributed by atoms with Gasteiger partial charge < -0.3 is 21.5 Å². The van der Waals surface area contributed by atoms with E-state index in [4.69, 9.17) is 16.2 Å². The second-order valence-corrected chi connectivity index (χ2v) is 5.33. The Kier molecular flexibility index (Phi) is 6.90. The summed E-state index contributed by atoms with van der Waals surface area (Å²) < 4.78 is 5.44. The van der Waals surface area contributed by atoms with Crippen LogP contribution in [0.15, 0.2) is 4.99 Å². The number of carbonyl (C=O) groups excluding carboxylic acids is 1. The van der Waals surface area contributed by atoms with Gasteiger partial charge in [-0.1, -0.05) is 0 Å². The first kappa shape index (κ1) is 17.4. The van der Waals surface area contributed by atoms with Gasteiger partial charge in [0.2, 0.25) is 5.91 Å². The van der Waals surface area contributed by atoms with E-state index in [1.165, 1.54) is 0 Å². The molecule has 0 aromatic heterocycles. The van der Waals surface area contributed by atoms with Crippen molar-refractivity contribution in [1.29, 1.82) is 0 Å². The molecule has 1 amide bonds. The lowest BCUT2D eigenvalue weighted by molar-refractivity contribution is -0.128. The number of primary amides is 1. The highest BCUT2D eigenvalue weighted by Crippen LogP contribution is 2.19. The summed E-state index contributed by atoms with van der Waals surface area (Å²) in [5.74, 6) is -0.0131. The number of nitrogens with one attached hydrogen (secondary N) is 1. The second-order valence-electron chi connectivity index (χ2n) is 5.33. The molecule has 7 heteroatoms. The van der Waals surface area contributed by atoms with E-state index in [1.54, 1.807) is 0 Å². The fourth-order valence-corrected chi connectivity index (χ4v) is 1.67. The number of ether oxygens (including phenoxy) is 1.